The standard InChI is InChI=1S/C12H13N/c1-9(13)11-7-6-10-4-2-3-5-12(10)8-11/h2-9H,13H2,1H3/t9-/m1/s1. The number of nitrogens with two attached hydrogens (primary N) is 1. The molecule has 2 aromatic carbocycles. The van der Waals surface area contributed by atoms with Crippen LogP contribution in [0.4, 0.5) is 0 Å². The molecule has 1 heteroatoms. The molecule has 0 heterocycles. The van der Waals surface area contributed by atoms with E-state index in [9.17, 15) is 0 Å². The second-order valence-corrected chi connectivity index (χ2v) is 3.40. The summed E-state index contributed by atoms with van der Waals surface area (Å²) >= 11 is 0. The van der Waals surface area contributed by atoms with Crippen molar-refractivity contribution in [3.63, 3.8) is 0 Å². The zero-order chi connectivity index (χ0) is 9.26. The summed E-state index contributed by atoms with van der Waals surface area (Å²) in [7, 11) is 0. The Balaban J connectivity index is 2.62. The van der Waals surface area contributed by atoms with Crippen LogP contribution in [0.5, 0.6) is 0 Å². The molecule has 0 aliphatic rings. The molecular weight excluding hydrogens is 158 g/mol. The monoisotopic (exact) mass is 171 g/mol. The summed E-state index contributed by atoms with van der Waals surface area (Å²) in [5, 5.41) is 2.53. The molecule has 0 spiro atoms. The molecule has 66 valence electrons. The van der Waals surface area contributed by atoms with Crippen molar-refractivity contribution >= 4 is 10.8 Å². The van der Waals surface area contributed by atoms with E-state index in [4.69, 9.17) is 5.73 Å². The van der Waals surface area contributed by atoms with Gasteiger partial charge in [0.1, 0.15) is 0 Å². The Morgan fingerprint density at radius 1 is 1.00 bits per heavy atom. The lowest BCUT2D eigenvalue weighted by Crippen LogP contribution is -2.04. The minimum Gasteiger partial charge on any atom is -0.324 e. The van der Waals surface area contributed by atoms with Gasteiger partial charge in [0.05, 0.1) is 0 Å². The fourth-order valence-corrected chi connectivity index (χ4v) is 1.49. The van der Waals surface area contributed by atoms with Crippen molar-refractivity contribution in [2.45, 2.75) is 13.0 Å². The van der Waals surface area contributed by atoms with Crippen molar-refractivity contribution in [1.82, 2.24) is 0 Å². The molecule has 0 unspecified atom stereocenters. The summed E-state index contributed by atoms with van der Waals surface area (Å²) < 4.78 is 0. The van der Waals surface area contributed by atoms with E-state index in [0.717, 1.165) is 0 Å². The van der Waals surface area contributed by atoms with Crippen molar-refractivity contribution in [1.29, 1.82) is 0 Å². The fraction of sp³-hybridized carbons (Fsp3) is 0.167. The van der Waals surface area contributed by atoms with Gasteiger partial charge in [-0.3, -0.25) is 0 Å². The van der Waals surface area contributed by atoms with Gasteiger partial charge in [-0.1, -0.05) is 36.4 Å². The van der Waals surface area contributed by atoms with Crippen LogP contribution in [0.25, 0.3) is 10.8 Å². The van der Waals surface area contributed by atoms with Crippen LogP contribution in [0, 0.1) is 0 Å². The van der Waals surface area contributed by atoms with Gasteiger partial charge in [-0.2, -0.15) is 0 Å². The topological polar surface area (TPSA) is 26.0 Å². The molecule has 0 aromatic heterocycles. The lowest BCUT2D eigenvalue weighted by molar-refractivity contribution is 0.820. The minimum absolute atomic E-state index is 0.115. The average Bonchev–Trinajstić information content (AvgIpc) is 2.17. The zero-order valence-corrected chi connectivity index (χ0v) is 7.70. The van der Waals surface area contributed by atoms with Gasteiger partial charge < -0.3 is 5.73 Å². The molecule has 1 nitrogen and oxygen atoms in total. The number of rotatable bonds is 1. The Labute approximate surface area is 78.2 Å². The molecule has 2 rings (SSSR count). The third kappa shape index (κ3) is 1.56. The van der Waals surface area contributed by atoms with Crippen LogP contribution in [0.2, 0.25) is 0 Å². The van der Waals surface area contributed by atoms with Crippen LogP contribution in [0.1, 0.15) is 18.5 Å². The lowest BCUT2D eigenvalue weighted by Gasteiger charge is -2.06. The van der Waals surface area contributed by atoms with Crippen LogP contribution >= 0.6 is 0 Å². The minimum atomic E-state index is 0.115. The highest BCUT2D eigenvalue weighted by Crippen LogP contribution is 2.18. The van der Waals surface area contributed by atoms with Gasteiger partial charge in [0, 0.05) is 6.04 Å². The van der Waals surface area contributed by atoms with Crippen molar-refractivity contribution in [3.8, 4) is 0 Å². The summed E-state index contributed by atoms with van der Waals surface area (Å²) in [5.74, 6) is 0. The van der Waals surface area contributed by atoms with E-state index in [1.54, 1.807) is 0 Å². The summed E-state index contributed by atoms with van der Waals surface area (Å²) in [6.07, 6.45) is 0. The molecule has 0 radical (unpaired) electrons. The van der Waals surface area contributed by atoms with E-state index in [2.05, 4.69) is 30.3 Å². The highest BCUT2D eigenvalue weighted by molar-refractivity contribution is 5.83. The Hall–Kier alpha value is -1.34. The van der Waals surface area contributed by atoms with Crippen LogP contribution in [-0.2, 0) is 0 Å². The zero-order valence-electron chi connectivity index (χ0n) is 7.70. The molecule has 0 aliphatic carbocycles. The molecule has 13 heavy (non-hydrogen) atoms. The van der Waals surface area contributed by atoms with E-state index in [1.165, 1.54) is 16.3 Å². The first kappa shape index (κ1) is 8.27. The fourth-order valence-electron chi connectivity index (χ4n) is 1.49. The average molecular weight is 171 g/mol. The molecule has 0 bridgehead atoms. The van der Waals surface area contributed by atoms with Gasteiger partial charge in [0.15, 0.2) is 0 Å². The predicted molar refractivity (Wildman–Crippen MR) is 56.6 cm³/mol. The molecule has 0 aliphatic heterocycles. The summed E-state index contributed by atoms with van der Waals surface area (Å²) in [6, 6.07) is 14.8. The van der Waals surface area contributed by atoms with Crippen LogP contribution in [0.15, 0.2) is 42.5 Å². The van der Waals surface area contributed by atoms with Crippen molar-refractivity contribution < 1.29 is 0 Å². The van der Waals surface area contributed by atoms with E-state index >= 15 is 0 Å². The quantitative estimate of drug-likeness (QED) is 0.701. The van der Waals surface area contributed by atoms with E-state index in [0.29, 0.717) is 0 Å². The Morgan fingerprint density at radius 2 is 1.69 bits per heavy atom. The molecule has 2 N–H and O–H groups in total. The molecule has 2 aromatic rings. The highest BCUT2D eigenvalue weighted by Gasteiger charge is 1.99. The van der Waals surface area contributed by atoms with E-state index < -0.39 is 0 Å². The first-order valence-electron chi connectivity index (χ1n) is 4.51. The molecule has 1 atom stereocenters. The third-order valence-electron chi connectivity index (χ3n) is 2.30. The lowest BCUT2D eigenvalue weighted by atomic mass is 10.0. The summed E-state index contributed by atoms with van der Waals surface area (Å²) in [6.45, 7) is 2.00. The smallest absolute Gasteiger partial charge is 0.0266 e. The summed E-state index contributed by atoms with van der Waals surface area (Å²) in [5.41, 5.74) is 7.00. The molecular formula is C12H13N. The third-order valence-corrected chi connectivity index (χ3v) is 2.30. The Morgan fingerprint density at radius 3 is 2.38 bits per heavy atom. The van der Waals surface area contributed by atoms with Gasteiger partial charge in [0.2, 0.25) is 0 Å². The maximum atomic E-state index is 5.80. The second-order valence-electron chi connectivity index (χ2n) is 3.40. The van der Waals surface area contributed by atoms with Gasteiger partial charge >= 0.3 is 0 Å². The maximum absolute atomic E-state index is 5.80. The SMILES string of the molecule is C[C@@H](N)c1ccc2ccccc2c1. The van der Waals surface area contributed by atoms with Gasteiger partial charge in [-0.05, 0) is 29.3 Å². The maximum Gasteiger partial charge on any atom is 0.0266 e. The highest BCUT2D eigenvalue weighted by atomic mass is 14.6. The molecule has 0 fully saturated rings. The second kappa shape index (κ2) is 3.19. The van der Waals surface area contributed by atoms with E-state index in [1.807, 2.05) is 19.1 Å². The van der Waals surface area contributed by atoms with Gasteiger partial charge in [-0.25, -0.2) is 0 Å². The normalized spacial score (nSPS) is 13.1. The van der Waals surface area contributed by atoms with Gasteiger partial charge in [0.25, 0.3) is 0 Å². The largest absolute Gasteiger partial charge is 0.324 e. The Kier molecular flexibility index (Phi) is 2.03. The molecule has 0 saturated heterocycles. The van der Waals surface area contributed by atoms with Crippen molar-refractivity contribution in [2.24, 2.45) is 5.73 Å². The number of fused-ring (bicyclic) bond motifs is 1. The van der Waals surface area contributed by atoms with Gasteiger partial charge in [-0.15, -0.1) is 0 Å². The molecule has 0 saturated carbocycles. The van der Waals surface area contributed by atoms with E-state index in [-0.39, 0.29) is 6.04 Å². The summed E-state index contributed by atoms with van der Waals surface area (Å²) in [4.78, 5) is 0. The number of hydrogen-bond acceptors (Lipinski definition) is 1. The van der Waals surface area contributed by atoms with Crippen molar-refractivity contribution in [2.75, 3.05) is 0 Å². The van der Waals surface area contributed by atoms with Crippen molar-refractivity contribution in [3.05, 3.63) is 48.0 Å². The first-order valence-corrected chi connectivity index (χ1v) is 4.51. The van der Waals surface area contributed by atoms with Crippen LogP contribution in [0.3, 0.4) is 0 Å². The van der Waals surface area contributed by atoms with Crippen LogP contribution < -0.4 is 5.73 Å². The number of benzene rings is 2. The first-order chi connectivity index (χ1) is 6.27. The molecule has 0 amide bonds. The predicted octanol–water partition coefficient (Wildman–Crippen LogP) is 2.86. The Bertz CT molecular complexity index is 418. The van der Waals surface area contributed by atoms with Crippen LogP contribution in [-0.4, -0.2) is 0 Å². The number of hydrogen-bond donors (Lipinski definition) is 1.